The molecule has 2 saturated heterocycles. The molecule has 34 heavy (non-hydrogen) atoms. The molecule has 9 heteroatoms. The topological polar surface area (TPSA) is 75.4 Å². The summed E-state index contributed by atoms with van der Waals surface area (Å²) in [5.41, 5.74) is 5.22. The lowest BCUT2D eigenvalue weighted by molar-refractivity contribution is -0.172. The molecule has 0 aliphatic carbocycles. The number of halogens is 4. The summed E-state index contributed by atoms with van der Waals surface area (Å²) >= 11 is 0. The molecule has 0 radical (unpaired) electrons. The summed E-state index contributed by atoms with van der Waals surface area (Å²) < 4.78 is 58.9. The van der Waals surface area contributed by atoms with Crippen LogP contribution in [0.4, 0.5) is 23.2 Å². The third-order valence-corrected chi connectivity index (χ3v) is 6.97. The minimum atomic E-state index is -4.16. The van der Waals surface area contributed by atoms with Crippen LogP contribution in [0, 0.1) is 24.5 Å². The van der Waals surface area contributed by atoms with Crippen LogP contribution in [0.1, 0.15) is 54.1 Å². The minimum absolute atomic E-state index is 0.00322. The molecule has 2 aromatic carbocycles. The van der Waals surface area contributed by atoms with Crippen molar-refractivity contribution in [2.75, 3.05) is 5.32 Å². The van der Waals surface area contributed by atoms with Gasteiger partial charge in [-0.1, -0.05) is 6.92 Å². The highest BCUT2D eigenvalue weighted by atomic mass is 19.3. The Bertz CT molecular complexity index is 1120. The predicted octanol–water partition coefficient (Wildman–Crippen LogP) is 4.73. The number of fused-ring (bicyclic) bond motifs is 2. The van der Waals surface area contributed by atoms with E-state index in [1.807, 2.05) is 6.92 Å². The fourth-order valence-electron chi connectivity index (χ4n) is 5.09. The lowest BCUT2D eigenvalue weighted by Gasteiger charge is -2.51. The van der Waals surface area contributed by atoms with Crippen molar-refractivity contribution in [3.8, 4) is 0 Å². The first-order valence-corrected chi connectivity index (χ1v) is 11.3. The largest absolute Gasteiger partial charge is 0.352 e. The second-order valence-corrected chi connectivity index (χ2v) is 9.41. The van der Waals surface area contributed by atoms with E-state index in [-0.39, 0.29) is 28.8 Å². The summed E-state index contributed by atoms with van der Waals surface area (Å²) in [6.45, 7) is 3.41. The van der Waals surface area contributed by atoms with Gasteiger partial charge in [0.2, 0.25) is 0 Å². The molecule has 2 heterocycles. The summed E-state index contributed by atoms with van der Waals surface area (Å²) in [6, 6.07) is 5.36. The Hall–Kier alpha value is -2.94. The Morgan fingerprint density at radius 1 is 1.06 bits per heavy atom. The van der Waals surface area contributed by atoms with E-state index in [1.165, 1.54) is 24.0 Å². The fraction of sp³-hybridized carbons (Fsp3) is 0.440. The zero-order chi connectivity index (χ0) is 24.8. The standard InChI is InChI=1S/C25H27F4N3O2/c1-13-3-6-18-11-16(30)12-22(13)32(18)24(34)25(28,29)19-10-15(4-7-21(19)27)23(33)31-17-5-8-20(26)14(2)9-17/h4-5,7-10,13,16,18,22H,3,6,11-12,30H2,1-2H3,(H,31,33)/t13-,16-,18+,22+/m0/s1. The molecule has 5 nitrogen and oxygen atoms in total. The molecule has 2 bridgehead atoms. The van der Waals surface area contributed by atoms with Gasteiger partial charge in [0.25, 0.3) is 11.8 Å². The molecule has 0 aromatic heterocycles. The van der Waals surface area contributed by atoms with Crippen molar-refractivity contribution in [3.05, 3.63) is 64.7 Å². The maximum absolute atomic E-state index is 15.5. The number of hydrogen-bond donors (Lipinski definition) is 2. The van der Waals surface area contributed by atoms with Crippen LogP contribution in [0.3, 0.4) is 0 Å². The fourth-order valence-corrected chi connectivity index (χ4v) is 5.09. The molecular formula is C25H27F4N3O2. The number of anilines is 1. The van der Waals surface area contributed by atoms with E-state index in [4.69, 9.17) is 5.73 Å². The van der Waals surface area contributed by atoms with Crippen molar-refractivity contribution in [2.24, 2.45) is 11.7 Å². The molecular weight excluding hydrogens is 450 g/mol. The van der Waals surface area contributed by atoms with Gasteiger partial charge in [-0.15, -0.1) is 0 Å². The number of carbonyl (C=O) groups is 2. The van der Waals surface area contributed by atoms with Crippen LogP contribution in [-0.2, 0) is 10.7 Å². The average molecular weight is 478 g/mol. The van der Waals surface area contributed by atoms with Crippen molar-refractivity contribution in [2.45, 2.75) is 63.6 Å². The number of carbonyl (C=O) groups excluding carboxylic acids is 2. The maximum Gasteiger partial charge on any atom is 0.352 e. The van der Waals surface area contributed by atoms with Crippen LogP contribution in [0.15, 0.2) is 36.4 Å². The van der Waals surface area contributed by atoms with E-state index in [2.05, 4.69) is 5.32 Å². The molecule has 2 aromatic rings. The second kappa shape index (κ2) is 9.02. The second-order valence-electron chi connectivity index (χ2n) is 9.41. The Morgan fingerprint density at radius 3 is 2.47 bits per heavy atom. The van der Waals surface area contributed by atoms with Crippen LogP contribution in [0.5, 0.6) is 0 Å². The van der Waals surface area contributed by atoms with Crippen molar-refractivity contribution in [1.29, 1.82) is 0 Å². The summed E-state index contributed by atoms with van der Waals surface area (Å²) in [6.07, 6.45) is 2.22. The smallest absolute Gasteiger partial charge is 0.331 e. The van der Waals surface area contributed by atoms with Crippen LogP contribution in [0.2, 0.25) is 0 Å². The number of nitrogens with two attached hydrogens (primary N) is 1. The van der Waals surface area contributed by atoms with Crippen LogP contribution in [-0.4, -0.2) is 34.8 Å². The molecule has 2 aliphatic rings. The Morgan fingerprint density at radius 2 is 1.76 bits per heavy atom. The summed E-state index contributed by atoms with van der Waals surface area (Å²) in [5.74, 6) is -8.15. The first-order valence-electron chi connectivity index (χ1n) is 11.3. The molecule has 2 fully saturated rings. The first kappa shape index (κ1) is 24.2. The average Bonchev–Trinajstić information content (AvgIpc) is 2.78. The number of nitrogens with zero attached hydrogens (tertiary/aromatic N) is 1. The van der Waals surface area contributed by atoms with E-state index in [0.29, 0.717) is 25.3 Å². The molecule has 0 saturated carbocycles. The maximum atomic E-state index is 15.5. The number of rotatable bonds is 4. The summed E-state index contributed by atoms with van der Waals surface area (Å²) in [7, 11) is 0. The molecule has 2 aliphatic heterocycles. The van der Waals surface area contributed by atoms with Gasteiger partial charge in [-0.25, -0.2) is 8.78 Å². The number of alkyl halides is 2. The van der Waals surface area contributed by atoms with Crippen molar-refractivity contribution >= 4 is 17.5 Å². The third-order valence-electron chi connectivity index (χ3n) is 6.97. The summed E-state index contributed by atoms with van der Waals surface area (Å²) in [4.78, 5) is 26.9. The molecule has 4 atom stereocenters. The Balaban J connectivity index is 1.61. The van der Waals surface area contributed by atoms with Gasteiger partial charge in [0.15, 0.2) is 0 Å². The Kier molecular flexibility index (Phi) is 6.42. The molecule has 3 N–H and O–H groups in total. The predicted molar refractivity (Wildman–Crippen MR) is 119 cm³/mol. The van der Waals surface area contributed by atoms with Gasteiger partial charge in [0.05, 0.1) is 5.56 Å². The number of piperidine rings is 2. The first-order chi connectivity index (χ1) is 16.0. The highest BCUT2D eigenvalue weighted by Crippen LogP contribution is 2.42. The van der Waals surface area contributed by atoms with E-state index >= 15 is 8.78 Å². The quantitative estimate of drug-likeness (QED) is 0.625. The van der Waals surface area contributed by atoms with E-state index < -0.39 is 47.0 Å². The van der Waals surface area contributed by atoms with Crippen LogP contribution < -0.4 is 11.1 Å². The van der Waals surface area contributed by atoms with Crippen LogP contribution in [0.25, 0.3) is 0 Å². The number of amides is 2. The van der Waals surface area contributed by atoms with Crippen molar-refractivity contribution in [1.82, 2.24) is 4.90 Å². The van der Waals surface area contributed by atoms with E-state index in [0.717, 1.165) is 24.6 Å². The van der Waals surface area contributed by atoms with Gasteiger partial charge >= 0.3 is 5.92 Å². The van der Waals surface area contributed by atoms with Gasteiger partial charge in [-0.3, -0.25) is 9.59 Å². The van der Waals surface area contributed by atoms with Gasteiger partial charge in [0.1, 0.15) is 11.6 Å². The molecule has 4 rings (SSSR count). The van der Waals surface area contributed by atoms with Crippen molar-refractivity contribution < 1.29 is 27.2 Å². The highest BCUT2D eigenvalue weighted by molar-refractivity contribution is 6.04. The normalized spacial score (nSPS) is 24.6. The monoisotopic (exact) mass is 477 g/mol. The zero-order valence-corrected chi connectivity index (χ0v) is 19.0. The molecule has 182 valence electrons. The van der Waals surface area contributed by atoms with E-state index in [1.54, 1.807) is 0 Å². The number of aryl methyl sites for hydroxylation is 1. The third kappa shape index (κ3) is 4.41. The SMILES string of the molecule is Cc1cc(NC(=O)c2ccc(F)c(C(F)(F)C(=O)N3[C@@H]4CC[C@H](C)[C@H]3C[C@@H](N)C4)c2)ccc1F. The van der Waals surface area contributed by atoms with Gasteiger partial charge in [0, 0.05) is 29.4 Å². The Labute approximate surface area is 195 Å². The number of hydrogen-bond acceptors (Lipinski definition) is 3. The van der Waals surface area contributed by atoms with Gasteiger partial charge in [-0.2, -0.15) is 8.78 Å². The number of benzene rings is 2. The molecule has 2 amide bonds. The summed E-state index contributed by atoms with van der Waals surface area (Å²) in [5, 5.41) is 2.48. The van der Waals surface area contributed by atoms with Gasteiger partial charge in [-0.05, 0) is 80.5 Å². The van der Waals surface area contributed by atoms with E-state index in [9.17, 15) is 18.4 Å². The molecule has 0 unspecified atom stereocenters. The van der Waals surface area contributed by atoms with Crippen LogP contribution >= 0.6 is 0 Å². The minimum Gasteiger partial charge on any atom is -0.331 e. The molecule has 0 spiro atoms. The number of nitrogens with one attached hydrogen (secondary N) is 1. The lowest BCUT2D eigenvalue weighted by Crippen LogP contribution is -2.62. The van der Waals surface area contributed by atoms with Crippen molar-refractivity contribution in [3.63, 3.8) is 0 Å². The zero-order valence-electron chi connectivity index (χ0n) is 19.0. The highest BCUT2D eigenvalue weighted by Gasteiger charge is 2.53. The van der Waals surface area contributed by atoms with Gasteiger partial charge < -0.3 is 16.0 Å². The lowest BCUT2D eigenvalue weighted by atomic mass is 9.76.